The Hall–Kier alpha value is -0.120. The number of aliphatic hydroxyl groups is 1. The first-order valence-corrected chi connectivity index (χ1v) is 4.11. The predicted molar refractivity (Wildman–Crippen MR) is 43.4 cm³/mol. The summed E-state index contributed by atoms with van der Waals surface area (Å²) < 4.78 is 10.1. The lowest BCUT2D eigenvalue weighted by atomic mass is 10.4. The minimum Gasteiger partial charge on any atom is -0.391 e. The van der Waals surface area contributed by atoms with Crippen LogP contribution in [0.1, 0.15) is 26.7 Å². The Balaban J connectivity index is 2.80. The largest absolute Gasteiger partial charge is 0.391 e. The first-order valence-electron chi connectivity index (χ1n) is 4.11. The number of ether oxygens (including phenoxy) is 2. The Morgan fingerprint density at radius 1 is 1.36 bits per heavy atom. The fraction of sp³-hybridized carbons (Fsp3) is 1.00. The van der Waals surface area contributed by atoms with Gasteiger partial charge in [0.2, 0.25) is 0 Å². The Morgan fingerprint density at radius 3 is 2.64 bits per heavy atom. The summed E-state index contributed by atoms with van der Waals surface area (Å²) >= 11 is 0. The molecular weight excluding hydrogens is 144 g/mol. The van der Waals surface area contributed by atoms with E-state index in [1.807, 2.05) is 0 Å². The van der Waals surface area contributed by atoms with Gasteiger partial charge in [-0.25, -0.2) is 0 Å². The summed E-state index contributed by atoms with van der Waals surface area (Å²) in [5.74, 6) is 0. The molecule has 0 aromatic carbocycles. The third-order valence-corrected chi connectivity index (χ3v) is 1.17. The van der Waals surface area contributed by atoms with Gasteiger partial charge in [0.05, 0.1) is 12.7 Å². The average Bonchev–Trinajstić information content (AvgIpc) is 1.96. The van der Waals surface area contributed by atoms with E-state index in [1.54, 1.807) is 6.92 Å². The van der Waals surface area contributed by atoms with Gasteiger partial charge in [0.1, 0.15) is 6.79 Å². The average molecular weight is 162 g/mol. The van der Waals surface area contributed by atoms with Crippen molar-refractivity contribution in [2.45, 2.75) is 32.8 Å². The highest BCUT2D eigenvalue weighted by Crippen LogP contribution is 1.89. The van der Waals surface area contributed by atoms with Gasteiger partial charge in [0.15, 0.2) is 0 Å². The second-order valence-electron chi connectivity index (χ2n) is 2.60. The third-order valence-electron chi connectivity index (χ3n) is 1.17. The van der Waals surface area contributed by atoms with Crippen molar-refractivity contribution in [3.63, 3.8) is 0 Å². The number of rotatable bonds is 7. The second-order valence-corrected chi connectivity index (χ2v) is 2.60. The smallest absolute Gasteiger partial charge is 0.146 e. The van der Waals surface area contributed by atoms with Gasteiger partial charge in [-0.05, 0) is 13.3 Å². The summed E-state index contributed by atoms with van der Waals surface area (Å²) in [5, 5.41) is 8.77. The number of unbranched alkanes of at least 4 members (excludes halogenated alkanes) is 1. The minimum atomic E-state index is -0.398. The van der Waals surface area contributed by atoms with E-state index in [4.69, 9.17) is 14.6 Å². The van der Waals surface area contributed by atoms with Crippen molar-refractivity contribution in [2.24, 2.45) is 0 Å². The molecule has 0 aliphatic heterocycles. The number of hydrogen-bond donors (Lipinski definition) is 1. The van der Waals surface area contributed by atoms with Crippen LogP contribution in [-0.4, -0.2) is 31.2 Å². The van der Waals surface area contributed by atoms with Crippen LogP contribution in [0.15, 0.2) is 0 Å². The first kappa shape index (κ1) is 10.9. The highest BCUT2D eigenvalue weighted by molar-refractivity contribution is 4.38. The Bertz CT molecular complexity index is 73.7. The summed E-state index contributed by atoms with van der Waals surface area (Å²) in [6, 6.07) is 0. The molecule has 0 bridgehead atoms. The highest BCUT2D eigenvalue weighted by Gasteiger charge is 1.93. The molecule has 1 atom stereocenters. The van der Waals surface area contributed by atoms with E-state index in [0.29, 0.717) is 13.4 Å². The van der Waals surface area contributed by atoms with Crippen LogP contribution in [0.4, 0.5) is 0 Å². The molecule has 11 heavy (non-hydrogen) atoms. The molecule has 0 spiro atoms. The van der Waals surface area contributed by atoms with E-state index in [1.165, 1.54) is 0 Å². The SMILES string of the molecule is CCCCOCOCC(C)O. The first-order chi connectivity index (χ1) is 5.27. The molecule has 0 saturated heterocycles. The van der Waals surface area contributed by atoms with Crippen molar-refractivity contribution in [1.29, 1.82) is 0 Å². The summed E-state index contributed by atoms with van der Waals surface area (Å²) in [6.45, 7) is 5.19. The van der Waals surface area contributed by atoms with Crippen LogP contribution in [-0.2, 0) is 9.47 Å². The van der Waals surface area contributed by atoms with Crippen LogP contribution >= 0.6 is 0 Å². The fourth-order valence-electron chi connectivity index (χ4n) is 0.583. The zero-order chi connectivity index (χ0) is 8.53. The molecule has 0 rings (SSSR count). The molecule has 0 heterocycles. The van der Waals surface area contributed by atoms with Crippen LogP contribution in [0.25, 0.3) is 0 Å². The minimum absolute atomic E-state index is 0.297. The quantitative estimate of drug-likeness (QED) is 0.451. The van der Waals surface area contributed by atoms with Gasteiger partial charge in [0.25, 0.3) is 0 Å². The zero-order valence-electron chi connectivity index (χ0n) is 7.38. The maximum atomic E-state index is 8.77. The Kier molecular flexibility index (Phi) is 7.89. The van der Waals surface area contributed by atoms with Gasteiger partial charge < -0.3 is 14.6 Å². The van der Waals surface area contributed by atoms with Gasteiger partial charge in [-0.1, -0.05) is 13.3 Å². The van der Waals surface area contributed by atoms with Gasteiger partial charge in [0, 0.05) is 6.61 Å². The van der Waals surface area contributed by atoms with Crippen LogP contribution in [0.3, 0.4) is 0 Å². The molecule has 68 valence electrons. The normalized spacial score (nSPS) is 13.4. The molecule has 0 aliphatic rings. The third kappa shape index (κ3) is 9.88. The molecule has 0 amide bonds. The Morgan fingerprint density at radius 2 is 2.09 bits per heavy atom. The molecule has 0 aliphatic carbocycles. The standard InChI is InChI=1S/C8H18O3/c1-3-4-5-10-7-11-6-8(2)9/h8-9H,3-7H2,1-2H3. The van der Waals surface area contributed by atoms with Crippen molar-refractivity contribution in [3.05, 3.63) is 0 Å². The maximum absolute atomic E-state index is 8.77. The zero-order valence-corrected chi connectivity index (χ0v) is 7.38. The van der Waals surface area contributed by atoms with Crippen molar-refractivity contribution in [2.75, 3.05) is 20.0 Å². The van der Waals surface area contributed by atoms with Crippen LogP contribution in [0.2, 0.25) is 0 Å². The van der Waals surface area contributed by atoms with E-state index in [-0.39, 0.29) is 0 Å². The van der Waals surface area contributed by atoms with Gasteiger partial charge in [-0.2, -0.15) is 0 Å². The van der Waals surface area contributed by atoms with Gasteiger partial charge >= 0.3 is 0 Å². The van der Waals surface area contributed by atoms with Crippen molar-refractivity contribution >= 4 is 0 Å². The molecule has 1 N–H and O–H groups in total. The molecule has 0 radical (unpaired) electrons. The summed E-state index contributed by atoms with van der Waals surface area (Å²) in [6.07, 6.45) is 1.80. The summed E-state index contributed by atoms with van der Waals surface area (Å²) in [7, 11) is 0. The van der Waals surface area contributed by atoms with Crippen molar-refractivity contribution < 1.29 is 14.6 Å². The molecule has 1 unspecified atom stereocenters. The molecule has 0 aromatic rings. The molecule has 0 saturated carbocycles. The topological polar surface area (TPSA) is 38.7 Å². The summed E-state index contributed by atoms with van der Waals surface area (Å²) in [4.78, 5) is 0. The van der Waals surface area contributed by atoms with Crippen LogP contribution < -0.4 is 0 Å². The van der Waals surface area contributed by atoms with Gasteiger partial charge in [-0.3, -0.25) is 0 Å². The lowest BCUT2D eigenvalue weighted by Gasteiger charge is -2.06. The van der Waals surface area contributed by atoms with E-state index >= 15 is 0 Å². The monoisotopic (exact) mass is 162 g/mol. The Labute approximate surface area is 68.3 Å². The maximum Gasteiger partial charge on any atom is 0.146 e. The molecule has 3 nitrogen and oxygen atoms in total. The molecule has 0 fully saturated rings. The van der Waals surface area contributed by atoms with Crippen LogP contribution in [0.5, 0.6) is 0 Å². The van der Waals surface area contributed by atoms with E-state index in [0.717, 1.165) is 19.4 Å². The molecule has 0 aromatic heterocycles. The number of hydrogen-bond acceptors (Lipinski definition) is 3. The van der Waals surface area contributed by atoms with E-state index in [2.05, 4.69) is 6.92 Å². The molecular formula is C8H18O3. The van der Waals surface area contributed by atoms with Crippen molar-refractivity contribution in [3.8, 4) is 0 Å². The van der Waals surface area contributed by atoms with E-state index < -0.39 is 6.10 Å². The number of aliphatic hydroxyl groups excluding tert-OH is 1. The predicted octanol–water partition coefficient (Wildman–Crippen LogP) is 1.16. The lowest BCUT2D eigenvalue weighted by molar-refractivity contribution is -0.0762. The highest BCUT2D eigenvalue weighted by atomic mass is 16.7. The summed E-state index contributed by atoms with van der Waals surface area (Å²) in [5.41, 5.74) is 0. The lowest BCUT2D eigenvalue weighted by Crippen LogP contribution is -2.12. The van der Waals surface area contributed by atoms with E-state index in [9.17, 15) is 0 Å². The van der Waals surface area contributed by atoms with Gasteiger partial charge in [-0.15, -0.1) is 0 Å². The van der Waals surface area contributed by atoms with Crippen LogP contribution in [0, 0.1) is 0 Å². The fourth-order valence-corrected chi connectivity index (χ4v) is 0.583. The molecule has 3 heteroatoms. The van der Waals surface area contributed by atoms with Crippen molar-refractivity contribution in [1.82, 2.24) is 0 Å². The second kappa shape index (κ2) is 7.98.